The third-order valence-corrected chi connectivity index (χ3v) is 3.52. The van der Waals surface area contributed by atoms with E-state index in [0.29, 0.717) is 28.4 Å². The summed E-state index contributed by atoms with van der Waals surface area (Å²) in [5, 5.41) is 0. The Morgan fingerprint density at radius 1 is 0.846 bits per heavy atom. The van der Waals surface area contributed by atoms with Crippen molar-refractivity contribution in [2.45, 2.75) is 6.36 Å². The molecule has 0 unspecified atom stereocenters. The van der Waals surface area contributed by atoms with Crippen molar-refractivity contribution in [3.63, 3.8) is 0 Å². The topological polar surface area (TPSA) is 36.9 Å². The van der Waals surface area contributed by atoms with Crippen molar-refractivity contribution in [2.24, 2.45) is 0 Å². The lowest BCUT2D eigenvalue weighted by molar-refractivity contribution is -0.275. The number of halogens is 4. The van der Waals surface area contributed by atoms with Gasteiger partial charge in [0.15, 0.2) is 23.1 Å². The van der Waals surface area contributed by atoms with E-state index in [-0.39, 0.29) is 5.56 Å². The molecule has 26 heavy (non-hydrogen) atoms. The van der Waals surface area contributed by atoms with Gasteiger partial charge in [-0.2, -0.15) is 0 Å². The molecule has 0 atom stereocenters. The minimum absolute atomic E-state index is 0.270. The zero-order chi connectivity index (χ0) is 19.5. The number of alkyl halides is 3. The van der Waals surface area contributed by atoms with E-state index in [9.17, 15) is 17.6 Å². The summed E-state index contributed by atoms with van der Waals surface area (Å²) in [6, 6.07) is 6.27. The van der Waals surface area contributed by atoms with Gasteiger partial charge in [0, 0.05) is 0 Å². The maximum Gasteiger partial charge on any atom is 0.573 e. The third-order valence-electron chi connectivity index (χ3n) is 3.52. The Bertz CT molecular complexity index is 790. The van der Waals surface area contributed by atoms with Crippen molar-refractivity contribution in [2.75, 3.05) is 21.3 Å². The number of methoxy groups -OCH3 is 3. The second-order valence-corrected chi connectivity index (χ2v) is 5.09. The van der Waals surface area contributed by atoms with Gasteiger partial charge in [-0.1, -0.05) is 12.6 Å². The maximum absolute atomic E-state index is 13.9. The van der Waals surface area contributed by atoms with Crippen molar-refractivity contribution in [3.05, 3.63) is 53.9 Å². The summed E-state index contributed by atoms with van der Waals surface area (Å²) in [5.74, 6) is -0.986. The van der Waals surface area contributed by atoms with Gasteiger partial charge in [-0.3, -0.25) is 0 Å². The van der Waals surface area contributed by atoms with E-state index in [2.05, 4.69) is 11.3 Å². The highest BCUT2D eigenvalue weighted by atomic mass is 19.4. The van der Waals surface area contributed by atoms with Crippen LogP contribution in [0.4, 0.5) is 17.6 Å². The highest BCUT2D eigenvalue weighted by Crippen LogP contribution is 2.41. The van der Waals surface area contributed by atoms with Gasteiger partial charge in [0.2, 0.25) is 5.75 Å². The normalized spacial score (nSPS) is 11.0. The summed E-state index contributed by atoms with van der Waals surface area (Å²) in [6.45, 7) is 3.87. The zero-order valence-electron chi connectivity index (χ0n) is 14.2. The zero-order valence-corrected chi connectivity index (χ0v) is 14.2. The van der Waals surface area contributed by atoms with Gasteiger partial charge in [-0.25, -0.2) is 4.39 Å². The van der Waals surface area contributed by atoms with Gasteiger partial charge in [-0.15, -0.1) is 13.2 Å². The average Bonchev–Trinajstić information content (AvgIpc) is 2.60. The Hall–Kier alpha value is -2.90. The molecule has 0 aliphatic rings. The Kier molecular flexibility index (Phi) is 5.64. The molecule has 0 saturated carbocycles. The van der Waals surface area contributed by atoms with Crippen LogP contribution in [0.5, 0.6) is 23.0 Å². The molecular formula is C18H16F4O4. The van der Waals surface area contributed by atoms with Crippen molar-refractivity contribution < 1.29 is 36.5 Å². The molecule has 0 aliphatic carbocycles. The average molecular weight is 372 g/mol. The Morgan fingerprint density at radius 3 is 1.85 bits per heavy atom. The Morgan fingerprint density at radius 2 is 1.42 bits per heavy atom. The SMILES string of the molecule is C=C(c1ccc(OC(F)(F)F)c(F)c1)c1cc(OC)c(OC)c(OC)c1. The fraction of sp³-hybridized carbons (Fsp3) is 0.222. The van der Waals surface area contributed by atoms with E-state index in [1.165, 1.54) is 27.4 Å². The summed E-state index contributed by atoms with van der Waals surface area (Å²) in [5.41, 5.74) is 1.14. The molecule has 0 N–H and O–H groups in total. The van der Waals surface area contributed by atoms with Crippen LogP contribution in [0, 0.1) is 5.82 Å². The van der Waals surface area contributed by atoms with Gasteiger partial charge in [0.05, 0.1) is 21.3 Å². The van der Waals surface area contributed by atoms with Gasteiger partial charge < -0.3 is 18.9 Å². The fourth-order valence-electron chi connectivity index (χ4n) is 2.32. The molecule has 2 aromatic rings. The van der Waals surface area contributed by atoms with Crippen molar-refractivity contribution in [1.29, 1.82) is 0 Å². The molecular weight excluding hydrogens is 356 g/mol. The van der Waals surface area contributed by atoms with Crippen LogP contribution in [0.1, 0.15) is 11.1 Å². The highest BCUT2D eigenvalue weighted by Gasteiger charge is 2.32. The van der Waals surface area contributed by atoms with E-state index < -0.39 is 17.9 Å². The van der Waals surface area contributed by atoms with E-state index in [1.807, 2.05) is 0 Å². The van der Waals surface area contributed by atoms with Crippen LogP contribution in [0.15, 0.2) is 36.9 Å². The number of ether oxygens (including phenoxy) is 4. The second kappa shape index (κ2) is 7.55. The van der Waals surface area contributed by atoms with Gasteiger partial charge in [-0.05, 0) is 41.0 Å². The molecule has 2 rings (SSSR count). The molecule has 0 bridgehead atoms. The third kappa shape index (κ3) is 4.19. The summed E-state index contributed by atoms with van der Waals surface area (Å²) in [6.07, 6.45) is -4.98. The Balaban J connectivity index is 2.41. The lowest BCUT2D eigenvalue weighted by Gasteiger charge is -2.16. The predicted molar refractivity (Wildman–Crippen MR) is 87.3 cm³/mol. The lowest BCUT2D eigenvalue weighted by Crippen LogP contribution is -2.18. The minimum atomic E-state index is -4.98. The monoisotopic (exact) mass is 372 g/mol. The van der Waals surface area contributed by atoms with E-state index in [4.69, 9.17) is 14.2 Å². The summed E-state index contributed by atoms with van der Waals surface area (Å²) in [7, 11) is 4.32. The minimum Gasteiger partial charge on any atom is -0.493 e. The molecule has 0 spiro atoms. The lowest BCUT2D eigenvalue weighted by atomic mass is 9.98. The van der Waals surface area contributed by atoms with Crippen molar-refractivity contribution >= 4 is 5.57 Å². The van der Waals surface area contributed by atoms with Crippen LogP contribution in [0.3, 0.4) is 0 Å². The second-order valence-electron chi connectivity index (χ2n) is 5.09. The molecule has 0 radical (unpaired) electrons. The van der Waals surface area contributed by atoms with Crippen LogP contribution in [0.25, 0.3) is 5.57 Å². The molecule has 0 aromatic heterocycles. The first-order valence-electron chi connectivity index (χ1n) is 7.25. The number of rotatable bonds is 6. The quantitative estimate of drug-likeness (QED) is 0.682. The van der Waals surface area contributed by atoms with E-state index in [0.717, 1.165) is 12.1 Å². The van der Waals surface area contributed by atoms with Crippen LogP contribution in [0.2, 0.25) is 0 Å². The number of hydrogen-bond acceptors (Lipinski definition) is 4. The van der Waals surface area contributed by atoms with Crippen molar-refractivity contribution in [1.82, 2.24) is 0 Å². The highest BCUT2D eigenvalue weighted by molar-refractivity contribution is 5.80. The van der Waals surface area contributed by atoms with Gasteiger partial charge >= 0.3 is 6.36 Å². The largest absolute Gasteiger partial charge is 0.573 e. The molecule has 2 aromatic carbocycles. The van der Waals surface area contributed by atoms with Gasteiger partial charge in [0.25, 0.3) is 0 Å². The van der Waals surface area contributed by atoms with E-state index >= 15 is 0 Å². The molecule has 0 aliphatic heterocycles. The molecule has 140 valence electrons. The molecule has 8 heteroatoms. The first kappa shape index (κ1) is 19.4. The van der Waals surface area contributed by atoms with Crippen LogP contribution in [-0.4, -0.2) is 27.7 Å². The van der Waals surface area contributed by atoms with E-state index in [1.54, 1.807) is 12.1 Å². The summed E-state index contributed by atoms with van der Waals surface area (Å²) < 4.78 is 70.0. The summed E-state index contributed by atoms with van der Waals surface area (Å²) in [4.78, 5) is 0. The van der Waals surface area contributed by atoms with Gasteiger partial charge in [0.1, 0.15) is 0 Å². The number of hydrogen-bond donors (Lipinski definition) is 0. The molecule has 4 nitrogen and oxygen atoms in total. The van der Waals surface area contributed by atoms with Crippen LogP contribution in [-0.2, 0) is 0 Å². The van der Waals surface area contributed by atoms with Crippen LogP contribution < -0.4 is 18.9 Å². The predicted octanol–water partition coefficient (Wildman–Crippen LogP) is 4.81. The Labute approximate surface area is 147 Å². The summed E-state index contributed by atoms with van der Waals surface area (Å²) >= 11 is 0. The molecule has 0 fully saturated rings. The molecule has 0 amide bonds. The smallest absolute Gasteiger partial charge is 0.493 e. The maximum atomic E-state index is 13.9. The van der Waals surface area contributed by atoms with Crippen molar-refractivity contribution in [3.8, 4) is 23.0 Å². The molecule has 0 heterocycles. The molecule has 0 saturated heterocycles. The fourth-order valence-corrected chi connectivity index (χ4v) is 2.32. The number of benzene rings is 2. The first-order chi connectivity index (χ1) is 12.2. The standard InChI is InChI=1S/C18H16F4O4/c1-10(11-5-6-14(13(19)7-11)26-18(20,21)22)12-8-15(23-2)17(25-4)16(9-12)24-3/h5-9H,1H2,2-4H3. The van der Waals surface area contributed by atoms with Crippen LogP contribution >= 0.6 is 0 Å². The first-order valence-corrected chi connectivity index (χ1v) is 7.25.